The Balaban J connectivity index is 2.83. The summed E-state index contributed by atoms with van der Waals surface area (Å²) in [6.07, 6.45) is 1.31. The van der Waals surface area contributed by atoms with Crippen molar-refractivity contribution in [3.8, 4) is 5.75 Å². The Morgan fingerprint density at radius 1 is 1.33 bits per heavy atom. The van der Waals surface area contributed by atoms with Crippen molar-refractivity contribution in [3.63, 3.8) is 0 Å². The minimum atomic E-state index is 0.0471. The molecular formula is C15H23NO2. The molecule has 0 aromatic heterocycles. The number of nitrogens with one attached hydrogen (secondary N) is 1. The molecule has 0 radical (unpaired) electrons. The smallest absolute Gasteiger partial charge is 0.224 e. The Bertz CT molecular complexity index is 427. The maximum Gasteiger partial charge on any atom is 0.224 e. The predicted molar refractivity (Wildman–Crippen MR) is 74.1 cm³/mol. The number of methoxy groups -OCH3 is 1. The highest BCUT2D eigenvalue weighted by molar-refractivity contribution is 5.79. The van der Waals surface area contributed by atoms with E-state index in [9.17, 15) is 4.79 Å². The van der Waals surface area contributed by atoms with Crippen LogP contribution in [0, 0.1) is 13.8 Å². The fourth-order valence-corrected chi connectivity index (χ4v) is 1.78. The van der Waals surface area contributed by atoms with E-state index >= 15 is 0 Å². The number of rotatable bonds is 5. The Morgan fingerprint density at radius 3 is 2.50 bits per heavy atom. The van der Waals surface area contributed by atoms with Gasteiger partial charge in [0, 0.05) is 11.6 Å². The molecule has 0 heterocycles. The molecule has 100 valence electrons. The second-order valence-corrected chi connectivity index (χ2v) is 4.80. The molecule has 0 saturated heterocycles. The van der Waals surface area contributed by atoms with Crippen molar-refractivity contribution in [3.05, 3.63) is 28.8 Å². The van der Waals surface area contributed by atoms with Crippen LogP contribution in [0.25, 0.3) is 0 Å². The van der Waals surface area contributed by atoms with E-state index in [4.69, 9.17) is 4.74 Å². The van der Waals surface area contributed by atoms with E-state index in [0.29, 0.717) is 6.42 Å². The average Bonchev–Trinajstić information content (AvgIpc) is 2.33. The van der Waals surface area contributed by atoms with Crippen LogP contribution < -0.4 is 10.1 Å². The van der Waals surface area contributed by atoms with E-state index in [1.54, 1.807) is 7.11 Å². The van der Waals surface area contributed by atoms with Crippen LogP contribution in [0.5, 0.6) is 5.75 Å². The Morgan fingerprint density at radius 2 is 1.94 bits per heavy atom. The standard InChI is InChI=1S/C15H23NO2/c1-6-12(4)16-15(17)9-13-7-10(2)11(3)8-14(13)18-5/h7-8,12H,6,9H2,1-5H3,(H,16,17). The third-order valence-electron chi connectivity index (χ3n) is 3.27. The molecule has 0 aliphatic heterocycles. The fraction of sp³-hybridized carbons (Fsp3) is 0.533. The highest BCUT2D eigenvalue weighted by atomic mass is 16.5. The average molecular weight is 249 g/mol. The van der Waals surface area contributed by atoms with Crippen LogP contribution in [0.1, 0.15) is 37.0 Å². The number of ether oxygens (including phenoxy) is 1. The van der Waals surface area contributed by atoms with Gasteiger partial charge in [0.25, 0.3) is 0 Å². The van der Waals surface area contributed by atoms with Gasteiger partial charge in [-0.15, -0.1) is 0 Å². The second kappa shape index (κ2) is 6.43. The van der Waals surface area contributed by atoms with Crippen molar-refractivity contribution in [1.29, 1.82) is 0 Å². The van der Waals surface area contributed by atoms with Gasteiger partial charge in [-0.1, -0.05) is 13.0 Å². The van der Waals surface area contributed by atoms with E-state index < -0.39 is 0 Å². The molecule has 1 unspecified atom stereocenters. The monoisotopic (exact) mass is 249 g/mol. The first kappa shape index (κ1) is 14.6. The van der Waals surface area contributed by atoms with Crippen molar-refractivity contribution < 1.29 is 9.53 Å². The lowest BCUT2D eigenvalue weighted by Crippen LogP contribution is -2.33. The highest BCUT2D eigenvalue weighted by Crippen LogP contribution is 2.23. The second-order valence-electron chi connectivity index (χ2n) is 4.80. The van der Waals surface area contributed by atoms with E-state index in [1.807, 2.05) is 32.9 Å². The van der Waals surface area contributed by atoms with Gasteiger partial charge >= 0.3 is 0 Å². The highest BCUT2D eigenvalue weighted by Gasteiger charge is 2.11. The van der Waals surface area contributed by atoms with Gasteiger partial charge in [-0.05, 0) is 44.4 Å². The van der Waals surface area contributed by atoms with Crippen LogP contribution in [0.2, 0.25) is 0 Å². The molecule has 0 saturated carbocycles. The van der Waals surface area contributed by atoms with Crippen LogP contribution >= 0.6 is 0 Å². The summed E-state index contributed by atoms with van der Waals surface area (Å²) in [6.45, 7) is 8.16. The molecule has 0 spiro atoms. The van der Waals surface area contributed by atoms with Crippen molar-refractivity contribution in [2.45, 2.75) is 46.6 Å². The molecule has 1 aromatic rings. The number of hydrogen-bond donors (Lipinski definition) is 1. The normalized spacial score (nSPS) is 12.1. The Labute approximate surface area is 110 Å². The zero-order valence-corrected chi connectivity index (χ0v) is 12.0. The van der Waals surface area contributed by atoms with Gasteiger partial charge in [0.05, 0.1) is 13.5 Å². The summed E-state index contributed by atoms with van der Waals surface area (Å²) in [6, 6.07) is 4.24. The quantitative estimate of drug-likeness (QED) is 0.871. The number of hydrogen-bond acceptors (Lipinski definition) is 2. The maximum absolute atomic E-state index is 11.9. The summed E-state index contributed by atoms with van der Waals surface area (Å²) in [5.41, 5.74) is 3.31. The molecule has 1 amide bonds. The molecule has 3 nitrogen and oxygen atoms in total. The lowest BCUT2D eigenvalue weighted by Gasteiger charge is -2.14. The zero-order valence-electron chi connectivity index (χ0n) is 12.0. The first-order valence-electron chi connectivity index (χ1n) is 6.41. The molecule has 3 heteroatoms. The summed E-state index contributed by atoms with van der Waals surface area (Å²) >= 11 is 0. The predicted octanol–water partition coefficient (Wildman–Crippen LogP) is 2.77. The minimum absolute atomic E-state index is 0.0471. The molecule has 1 rings (SSSR count). The number of aryl methyl sites for hydroxylation is 2. The molecule has 1 N–H and O–H groups in total. The first-order chi connectivity index (χ1) is 8.47. The zero-order chi connectivity index (χ0) is 13.7. The molecule has 0 bridgehead atoms. The molecule has 0 fully saturated rings. The van der Waals surface area contributed by atoms with Crippen molar-refractivity contribution in [1.82, 2.24) is 5.32 Å². The first-order valence-corrected chi connectivity index (χ1v) is 6.41. The van der Waals surface area contributed by atoms with Gasteiger partial charge in [0.2, 0.25) is 5.91 Å². The summed E-state index contributed by atoms with van der Waals surface area (Å²) < 4.78 is 5.33. The lowest BCUT2D eigenvalue weighted by atomic mass is 10.0. The molecule has 1 aromatic carbocycles. The molecule has 0 aliphatic carbocycles. The van der Waals surface area contributed by atoms with Gasteiger partial charge in [0.15, 0.2) is 0 Å². The third-order valence-corrected chi connectivity index (χ3v) is 3.27. The van der Waals surface area contributed by atoms with Crippen molar-refractivity contribution >= 4 is 5.91 Å². The van der Waals surface area contributed by atoms with Gasteiger partial charge < -0.3 is 10.1 Å². The third kappa shape index (κ3) is 3.76. The van der Waals surface area contributed by atoms with Crippen LogP contribution in [-0.4, -0.2) is 19.1 Å². The molecular weight excluding hydrogens is 226 g/mol. The number of benzene rings is 1. The van der Waals surface area contributed by atoms with E-state index in [0.717, 1.165) is 17.7 Å². The molecule has 0 aliphatic rings. The topological polar surface area (TPSA) is 38.3 Å². The molecule has 18 heavy (non-hydrogen) atoms. The minimum Gasteiger partial charge on any atom is -0.496 e. The lowest BCUT2D eigenvalue weighted by molar-refractivity contribution is -0.121. The van der Waals surface area contributed by atoms with Crippen molar-refractivity contribution in [2.75, 3.05) is 7.11 Å². The summed E-state index contributed by atoms with van der Waals surface area (Å²) in [7, 11) is 1.64. The fourth-order valence-electron chi connectivity index (χ4n) is 1.78. The number of carbonyl (C=O) groups is 1. The largest absolute Gasteiger partial charge is 0.496 e. The van der Waals surface area contributed by atoms with Crippen LogP contribution in [0.15, 0.2) is 12.1 Å². The van der Waals surface area contributed by atoms with Gasteiger partial charge in [-0.25, -0.2) is 0 Å². The summed E-state index contributed by atoms with van der Waals surface area (Å²) in [5.74, 6) is 0.836. The molecule has 1 atom stereocenters. The van der Waals surface area contributed by atoms with E-state index in [-0.39, 0.29) is 11.9 Å². The Hall–Kier alpha value is -1.51. The SMILES string of the molecule is CCC(C)NC(=O)Cc1cc(C)c(C)cc1OC. The van der Waals surface area contributed by atoms with Crippen LogP contribution in [0.3, 0.4) is 0 Å². The van der Waals surface area contributed by atoms with Gasteiger partial charge in [0.1, 0.15) is 5.75 Å². The van der Waals surface area contributed by atoms with E-state index in [1.165, 1.54) is 11.1 Å². The van der Waals surface area contributed by atoms with E-state index in [2.05, 4.69) is 12.2 Å². The number of carbonyl (C=O) groups excluding carboxylic acids is 1. The van der Waals surface area contributed by atoms with Gasteiger partial charge in [-0.3, -0.25) is 4.79 Å². The summed E-state index contributed by atoms with van der Waals surface area (Å²) in [4.78, 5) is 11.9. The van der Waals surface area contributed by atoms with Crippen molar-refractivity contribution in [2.24, 2.45) is 0 Å². The van der Waals surface area contributed by atoms with Crippen LogP contribution in [-0.2, 0) is 11.2 Å². The Kier molecular flexibility index (Phi) is 5.20. The summed E-state index contributed by atoms with van der Waals surface area (Å²) in [5, 5.41) is 2.97. The van der Waals surface area contributed by atoms with Crippen LogP contribution in [0.4, 0.5) is 0 Å². The van der Waals surface area contributed by atoms with Gasteiger partial charge in [-0.2, -0.15) is 0 Å². The number of amides is 1. The maximum atomic E-state index is 11.9.